The first-order valence-electron chi connectivity index (χ1n) is 6.14. The Morgan fingerprint density at radius 3 is 3.00 bits per heavy atom. The monoisotopic (exact) mass is 246 g/mol. The average Bonchev–Trinajstić information content (AvgIpc) is 2.38. The highest BCUT2D eigenvalue weighted by Crippen LogP contribution is 2.09. The number of hydrogen-bond acceptors (Lipinski definition) is 3. The van der Waals surface area contributed by atoms with Crippen LogP contribution in [0.4, 0.5) is 5.69 Å². The molecule has 0 saturated carbocycles. The zero-order valence-corrected chi connectivity index (χ0v) is 10.6. The van der Waals surface area contributed by atoms with Crippen LogP contribution in [0.25, 0.3) is 0 Å². The van der Waals surface area contributed by atoms with Crippen molar-refractivity contribution in [3.63, 3.8) is 0 Å². The number of rotatable bonds is 7. The lowest BCUT2D eigenvalue weighted by Crippen LogP contribution is -2.14. The third-order valence-electron chi connectivity index (χ3n) is 2.39. The van der Waals surface area contributed by atoms with Crippen LogP contribution in [0.1, 0.15) is 31.7 Å². The first-order chi connectivity index (χ1) is 8.76. The minimum atomic E-state index is -0.0958. The smallest absolute Gasteiger partial charge is 0.226 e. The molecule has 0 radical (unpaired) electrons. The number of carbonyl (C=O) groups is 1. The Hall–Kier alpha value is -1.86. The highest BCUT2D eigenvalue weighted by molar-refractivity contribution is 5.90. The zero-order valence-electron chi connectivity index (χ0n) is 10.6. The molecule has 18 heavy (non-hydrogen) atoms. The summed E-state index contributed by atoms with van der Waals surface area (Å²) in [6.07, 6.45) is 2.44. The topological polar surface area (TPSA) is 62.1 Å². The molecule has 0 aliphatic rings. The van der Waals surface area contributed by atoms with Crippen molar-refractivity contribution in [2.24, 2.45) is 0 Å². The van der Waals surface area contributed by atoms with Crippen molar-refractivity contribution in [1.82, 2.24) is 0 Å². The second kappa shape index (κ2) is 8.26. The minimum Gasteiger partial charge on any atom is -0.381 e. The largest absolute Gasteiger partial charge is 0.381 e. The van der Waals surface area contributed by atoms with Gasteiger partial charge in [0, 0.05) is 12.3 Å². The summed E-state index contributed by atoms with van der Waals surface area (Å²) in [4.78, 5) is 11.6. The molecular formula is C14H18N2O2. The Labute approximate surface area is 108 Å². The molecule has 1 amide bonds. The van der Waals surface area contributed by atoms with Crippen molar-refractivity contribution in [1.29, 1.82) is 5.26 Å². The molecular weight excluding hydrogens is 228 g/mol. The zero-order chi connectivity index (χ0) is 13.2. The Morgan fingerprint density at radius 2 is 2.28 bits per heavy atom. The summed E-state index contributed by atoms with van der Waals surface area (Å²) in [5, 5.41) is 11.5. The van der Waals surface area contributed by atoms with Gasteiger partial charge in [0.1, 0.15) is 0 Å². The molecule has 0 saturated heterocycles. The molecule has 0 aliphatic heterocycles. The average molecular weight is 246 g/mol. The predicted octanol–water partition coefficient (Wildman–Crippen LogP) is 2.70. The standard InChI is InChI=1S/C14H18N2O2/c1-2-3-8-18-9-7-14(17)16-13-6-4-5-12(10-13)11-15/h4-6,10H,2-3,7-9H2,1H3,(H,16,17). The van der Waals surface area contributed by atoms with Gasteiger partial charge in [-0.3, -0.25) is 4.79 Å². The van der Waals surface area contributed by atoms with E-state index in [1.54, 1.807) is 24.3 Å². The number of benzene rings is 1. The maximum absolute atomic E-state index is 11.6. The van der Waals surface area contributed by atoms with Gasteiger partial charge in [0.25, 0.3) is 0 Å². The van der Waals surface area contributed by atoms with Crippen LogP contribution in [0, 0.1) is 11.3 Å². The van der Waals surface area contributed by atoms with E-state index in [4.69, 9.17) is 10.00 Å². The van der Waals surface area contributed by atoms with E-state index in [0.29, 0.717) is 30.9 Å². The van der Waals surface area contributed by atoms with Crippen LogP contribution in [0.3, 0.4) is 0 Å². The van der Waals surface area contributed by atoms with E-state index < -0.39 is 0 Å². The summed E-state index contributed by atoms with van der Waals surface area (Å²) in [7, 11) is 0. The molecule has 1 aromatic carbocycles. The highest BCUT2D eigenvalue weighted by atomic mass is 16.5. The number of carbonyl (C=O) groups excluding carboxylic acids is 1. The Bertz CT molecular complexity index is 424. The maximum atomic E-state index is 11.6. The summed E-state index contributed by atoms with van der Waals surface area (Å²) in [5.74, 6) is -0.0958. The van der Waals surface area contributed by atoms with Gasteiger partial charge < -0.3 is 10.1 Å². The number of ether oxygens (including phenoxy) is 1. The number of amides is 1. The van der Waals surface area contributed by atoms with E-state index in [1.807, 2.05) is 6.07 Å². The summed E-state index contributed by atoms with van der Waals surface area (Å²) in [6, 6.07) is 8.88. The fourth-order valence-electron chi connectivity index (χ4n) is 1.40. The van der Waals surface area contributed by atoms with Crippen molar-refractivity contribution in [2.75, 3.05) is 18.5 Å². The first kappa shape index (κ1) is 14.2. The maximum Gasteiger partial charge on any atom is 0.226 e. The Morgan fingerprint density at radius 1 is 1.44 bits per heavy atom. The van der Waals surface area contributed by atoms with Crippen LogP contribution in [-0.4, -0.2) is 19.1 Å². The summed E-state index contributed by atoms with van der Waals surface area (Å²) < 4.78 is 5.31. The van der Waals surface area contributed by atoms with E-state index >= 15 is 0 Å². The minimum absolute atomic E-state index is 0.0958. The lowest BCUT2D eigenvalue weighted by Gasteiger charge is -2.06. The molecule has 96 valence electrons. The van der Waals surface area contributed by atoms with Crippen LogP contribution >= 0.6 is 0 Å². The third-order valence-corrected chi connectivity index (χ3v) is 2.39. The molecule has 4 heteroatoms. The van der Waals surface area contributed by atoms with Gasteiger partial charge in [-0.2, -0.15) is 5.26 Å². The normalized spacial score (nSPS) is 9.78. The number of nitrogens with one attached hydrogen (secondary N) is 1. The quantitative estimate of drug-likeness (QED) is 0.752. The van der Waals surface area contributed by atoms with Crippen molar-refractivity contribution in [3.05, 3.63) is 29.8 Å². The highest BCUT2D eigenvalue weighted by Gasteiger charge is 2.02. The lowest BCUT2D eigenvalue weighted by atomic mass is 10.2. The van der Waals surface area contributed by atoms with Crippen LogP contribution in [0.5, 0.6) is 0 Å². The molecule has 1 aromatic rings. The van der Waals surface area contributed by atoms with Gasteiger partial charge in [-0.05, 0) is 24.6 Å². The second-order valence-electron chi connectivity index (χ2n) is 3.96. The summed E-state index contributed by atoms with van der Waals surface area (Å²) in [6.45, 7) is 3.23. The summed E-state index contributed by atoms with van der Waals surface area (Å²) in [5.41, 5.74) is 1.18. The van der Waals surface area contributed by atoms with E-state index in [2.05, 4.69) is 12.2 Å². The van der Waals surface area contributed by atoms with Crippen LogP contribution in [0.2, 0.25) is 0 Å². The van der Waals surface area contributed by atoms with Crippen molar-refractivity contribution in [3.8, 4) is 6.07 Å². The molecule has 0 bridgehead atoms. The second-order valence-corrected chi connectivity index (χ2v) is 3.96. The van der Waals surface area contributed by atoms with Gasteiger partial charge in [0.15, 0.2) is 0 Å². The number of unbranched alkanes of at least 4 members (excludes halogenated alkanes) is 1. The fraction of sp³-hybridized carbons (Fsp3) is 0.429. The number of anilines is 1. The van der Waals surface area contributed by atoms with Crippen molar-refractivity contribution >= 4 is 11.6 Å². The molecule has 0 aromatic heterocycles. The molecule has 0 spiro atoms. The molecule has 1 N–H and O–H groups in total. The SMILES string of the molecule is CCCCOCCC(=O)Nc1cccc(C#N)c1. The van der Waals surface area contributed by atoms with Gasteiger partial charge in [0.05, 0.1) is 24.7 Å². The number of nitrogens with zero attached hydrogens (tertiary/aromatic N) is 1. The van der Waals surface area contributed by atoms with Gasteiger partial charge >= 0.3 is 0 Å². The van der Waals surface area contributed by atoms with Crippen LogP contribution in [-0.2, 0) is 9.53 Å². The van der Waals surface area contributed by atoms with Gasteiger partial charge in [-0.1, -0.05) is 19.4 Å². The molecule has 4 nitrogen and oxygen atoms in total. The van der Waals surface area contributed by atoms with Crippen LogP contribution in [0.15, 0.2) is 24.3 Å². The molecule has 0 unspecified atom stereocenters. The molecule has 1 rings (SSSR count). The van der Waals surface area contributed by atoms with Gasteiger partial charge in [0.2, 0.25) is 5.91 Å². The lowest BCUT2D eigenvalue weighted by molar-refractivity contribution is -0.117. The summed E-state index contributed by atoms with van der Waals surface area (Å²) >= 11 is 0. The third kappa shape index (κ3) is 5.46. The van der Waals surface area contributed by atoms with E-state index in [0.717, 1.165) is 12.8 Å². The molecule has 0 heterocycles. The Balaban J connectivity index is 2.29. The van der Waals surface area contributed by atoms with E-state index in [-0.39, 0.29) is 5.91 Å². The predicted molar refractivity (Wildman–Crippen MR) is 70.1 cm³/mol. The Kier molecular flexibility index (Phi) is 6.52. The van der Waals surface area contributed by atoms with Crippen molar-refractivity contribution in [2.45, 2.75) is 26.2 Å². The number of hydrogen-bond donors (Lipinski definition) is 1. The molecule has 0 fully saturated rings. The molecule has 0 aliphatic carbocycles. The fourth-order valence-corrected chi connectivity index (χ4v) is 1.40. The first-order valence-corrected chi connectivity index (χ1v) is 6.14. The van der Waals surface area contributed by atoms with Crippen molar-refractivity contribution < 1.29 is 9.53 Å². The number of nitriles is 1. The molecule has 0 atom stereocenters. The van der Waals surface area contributed by atoms with E-state index in [9.17, 15) is 4.79 Å². The van der Waals surface area contributed by atoms with Crippen LogP contribution < -0.4 is 5.32 Å². The van der Waals surface area contributed by atoms with Gasteiger partial charge in [-0.15, -0.1) is 0 Å². The van der Waals surface area contributed by atoms with E-state index in [1.165, 1.54) is 0 Å². The van der Waals surface area contributed by atoms with Gasteiger partial charge in [-0.25, -0.2) is 0 Å².